The topological polar surface area (TPSA) is 55.7 Å². The molecule has 0 atom stereocenters. The second-order valence-corrected chi connectivity index (χ2v) is 5.05. The molecule has 0 aliphatic rings. The number of benzene rings is 1. The molecule has 0 saturated heterocycles. The Balaban J connectivity index is 2.91. The Bertz CT molecular complexity index is 474. The van der Waals surface area contributed by atoms with Crippen molar-refractivity contribution < 1.29 is 12.7 Å². The van der Waals surface area contributed by atoms with E-state index in [1.165, 1.54) is 12.1 Å². The van der Waals surface area contributed by atoms with Gasteiger partial charge in [0.2, 0.25) is 0 Å². The SMILES string of the molecule is CCC(C)=NOS(=O)(=O)c1ccc(C)cc1. The molecule has 0 aliphatic carbocycles. The minimum absolute atomic E-state index is 0.116. The van der Waals surface area contributed by atoms with Gasteiger partial charge in [-0.2, -0.15) is 8.42 Å². The van der Waals surface area contributed by atoms with Crippen LogP contribution in [0, 0.1) is 6.92 Å². The Morgan fingerprint density at radius 2 is 1.88 bits per heavy atom. The molecule has 0 aromatic heterocycles. The van der Waals surface area contributed by atoms with Gasteiger partial charge in [0.1, 0.15) is 4.90 Å². The van der Waals surface area contributed by atoms with Gasteiger partial charge in [-0.1, -0.05) is 29.8 Å². The molecule has 0 saturated carbocycles. The molecule has 0 heterocycles. The predicted molar refractivity (Wildman–Crippen MR) is 62.8 cm³/mol. The highest BCUT2D eigenvalue weighted by atomic mass is 32.2. The molecule has 0 spiro atoms. The molecule has 1 aromatic rings. The van der Waals surface area contributed by atoms with Crippen molar-refractivity contribution in [2.24, 2.45) is 5.16 Å². The molecule has 0 unspecified atom stereocenters. The lowest BCUT2D eigenvalue weighted by Crippen LogP contribution is -2.04. The van der Waals surface area contributed by atoms with Gasteiger partial charge in [-0.15, -0.1) is 0 Å². The number of oxime groups is 1. The predicted octanol–water partition coefficient (Wildman–Crippen LogP) is 2.49. The molecule has 88 valence electrons. The Kier molecular flexibility index (Phi) is 4.06. The van der Waals surface area contributed by atoms with E-state index in [1.54, 1.807) is 19.1 Å². The Labute approximate surface area is 96.1 Å². The number of aryl methyl sites for hydroxylation is 1. The van der Waals surface area contributed by atoms with Crippen LogP contribution < -0.4 is 0 Å². The zero-order valence-corrected chi connectivity index (χ0v) is 10.4. The van der Waals surface area contributed by atoms with E-state index in [1.807, 2.05) is 13.8 Å². The summed E-state index contributed by atoms with van der Waals surface area (Å²) in [5.41, 5.74) is 1.63. The van der Waals surface area contributed by atoms with Crippen molar-refractivity contribution in [2.45, 2.75) is 32.1 Å². The summed E-state index contributed by atoms with van der Waals surface area (Å²) in [5, 5.41) is 3.54. The molecular weight excluding hydrogens is 226 g/mol. The van der Waals surface area contributed by atoms with Crippen molar-refractivity contribution in [3.8, 4) is 0 Å². The highest BCUT2D eigenvalue weighted by molar-refractivity contribution is 7.86. The van der Waals surface area contributed by atoms with E-state index in [2.05, 4.69) is 9.44 Å². The summed E-state index contributed by atoms with van der Waals surface area (Å²) in [6, 6.07) is 6.43. The first kappa shape index (κ1) is 12.7. The van der Waals surface area contributed by atoms with E-state index in [0.29, 0.717) is 12.1 Å². The molecule has 5 heteroatoms. The van der Waals surface area contributed by atoms with Gasteiger partial charge in [0.05, 0.1) is 5.71 Å². The van der Waals surface area contributed by atoms with Crippen LogP contribution in [0.25, 0.3) is 0 Å². The van der Waals surface area contributed by atoms with E-state index in [-0.39, 0.29) is 4.90 Å². The number of hydrogen-bond acceptors (Lipinski definition) is 4. The van der Waals surface area contributed by atoms with Crippen LogP contribution in [-0.2, 0) is 14.4 Å². The van der Waals surface area contributed by atoms with Gasteiger partial charge < -0.3 is 0 Å². The number of nitrogens with zero attached hydrogens (tertiary/aromatic N) is 1. The standard InChI is InChI=1S/C11H15NO3S/c1-4-10(3)12-15-16(13,14)11-7-5-9(2)6-8-11/h5-8H,4H2,1-3H3. The van der Waals surface area contributed by atoms with Crippen molar-refractivity contribution in [3.63, 3.8) is 0 Å². The summed E-state index contributed by atoms with van der Waals surface area (Å²) in [4.78, 5) is 0.116. The molecule has 4 nitrogen and oxygen atoms in total. The van der Waals surface area contributed by atoms with Gasteiger partial charge in [0, 0.05) is 0 Å². The van der Waals surface area contributed by atoms with Crippen molar-refractivity contribution in [2.75, 3.05) is 0 Å². The van der Waals surface area contributed by atoms with Gasteiger partial charge in [0.15, 0.2) is 0 Å². The Morgan fingerprint density at radius 3 is 2.38 bits per heavy atom. The maximum Gasteiger partial charge on any atom is 0.358 e. The maximum atomic E-state index is 11.6. The minimum atomic E-state index is -3.77. The lowest BCUT2D eigenvalue weighted by atomic mass is 10.2. The third kappa shape index (κ3) is 3.34. The van der Waals surface area contributed by atoms with E-state index in [9.17, 15) is 8.42 Å². The van der Waals surface area contributed by atoms with E-state index in [0.717, 1.165) is 5.56 Å². The lowest BCUT2D eigenvalue weighted by Gasteiger charge is -2.02. The van der Waals surface area contributed by atoms with Gasteiger partial charge >= 0.3 is 10.1 Å². The molecule has 1 rings (SSSR count). The third-order valence-corrected chi connectivity index (χ3v) is 3.23. The smallest absolute Gasteiger partial charge is 0.265 e. The summed E-state index contributed by atoms with van der Waals surface area (Å²) in [5.74, 6) is 0. The largest absolute Gasteiger partial charge is 0.358 e. The zero-order chi connectivity index (χ0) is 12.2. The van der Waals surface area contributed by atoms with Gasteiger partial charge in [-0.3, -0.25) is 4.28 Å². The highest BCUT2D eigenvalue weighted by Crippen LogP contribution is 2.13. The molecule has 0 amide bonds. The molecule has 0 bridgehead atoms. The summed E-state index contributed by atoms with van der Waals surface area (Å²) >= 11 is 0. The molecular formula is C11H15NO3S. The first-order chi connectivity index (χ1) is 7.45. The molecule has 1 aromatic carbocycles. The normalized spacial score (nSPS) is 12.6. The van der Waals surface area contributed by atoms with Crippen molar-refractivity contribution in [3.05, 3.63) is 29.8 Å². The van der Waals surface area contributed by atoms with E-state index in [4.69, 9.17) is 0 Å². The number of hydrogen-bond donors (Lipinski definition) is 0. The van der Waals surface area contributed by atoms with Gasteiger partial charge in [-0.05, 0) is 32.4 Å². The first-order valence-corrected chi connectivity index (χ1v) is 6.40. The van der Waals surface area contributed by atoms with Crippen LogP contribution in [0.3, 0.4) is 0 Å². The molecule has 0 aliphatic heterocycles. The summed E-state index contributed by atoms with van der Waals surface area (Å²) in [6.45, 7) is 5.47. The highest BCUT2D eigenvalue weighted by Gasteiger charge is 2.14. The Hall–Kier alpha value is -1.36. The number of rotatable bonds is 4. The van der Waals surface area contributed by atoms with Crippen LogP contribution in [0.5, 0.6) is 0 Å². The van der Waals surface area contributed by atoms with Crippen LogP contribution in [0.4, 0.5) is 0 Å². The quantitative estimate of drug-likeness (QED) is 0.601. The van der Waals surface area contributed by atoms with Crippen LogP contribution in [-0.4, -0.2) is 14.1 Å². The Morgan fingerprint density at radius 1 is 1.31 bits per heavy atom. The second kappa shape index (κ2) is 5.12. The minimum Gasteiger partial charge on any atom is -0.265 e. The van der Waals surface area contributed by atoms with Gasteiger partial charge in [-0.25, -0.2) is 0 Å². The monoisotopic (exact) mass is 241 g/mol. The van der Waals surface area contributed by atoms with E-state index >= 15 is 0 Å². The van der Waals surface area contributed by atoms with Crippen LogP contribution in [0.15, 0.2) is 34.3 Å². The fourth-order valence-corrected chi connectivity index (χ4v) is 1.71. The average Bonchev–Trinajstić information content (AvgIpc) is 2.26. The van der Waals surface area contributed by atoms with Crippen molar-refractivity contribution >= 4 is 15.8 Å². The molecule has 16 heavy (non-hydrogen) atoms. The zero-order valence-electron chi connectivity index (χ0n) is 9.60. The second-order valence-electron chi connectivity index (χ2n) is 3.52. The van der Waals surface area contributed by atoms with Crippen LogP contribution >= 0.6 is 0 Å². The van der Waals surface area contributed by atoms with E-state index < -0.39 is 10.1 Å². The first-order valence-electron chi connectivity index (χ1n) is 4.99. The fraction of sp³-hybridized carbons (Fsp3) is 0.364. The lowest BCUT2D eigenvalue weighted by molar-refractivity contribution is 0.337. The molecule has 0 radical (unpaired) electrons. The van der Waals surface area contributed by atoms with Gasteiger partial charge in [0.25, 0.3) is 0 Å². The third-order valence-electron chi connectivity index (χ3n) is 2.11. The molecule has 0 fully saturated rings. The van der Waals surface area contributed by atoms with Crippen LogP contribution in [0.2, 0.25) is 0 Å². The summed E-state index contributed by atoms with van der Waals surface area (Å²) in [6.07, 6.45) is 0.656. The fourth-order valence-electron chi connectivity index (χ4n) is 0.925. The van der Waals surface area contributed by atoms with Crippen LogP contribution in [0.1, 0.15) is 25.8 Å². The average molecular weight is 241 g/mol. The van der Waals surface area contributed by atoms with Crippen molar-refractivity contribution in [1.82, 2.24) is 0 Å². The molecule has 0 N–H and O–H groups in total. The van der Waals surface area contributed by atoms with Crippen molar-refractivity contribution in [1.29, 1.82) is 0 Å². The summed E-state index contributed by atoms with van der Waals surface area (Å²) in [7, 11) is -3.77. The summed E-state index contributed by atoms with van der Waals surface area (Å²) < 4.78 is 27.8. The maximum absolute atomic E-state index is 11.6.